The van der Waals surface area contributed by atoms with Crippen LogP contribution in [0.1, 0.15) is 67.2 Å². The van der Waals surface area contributed by atoms with Gasteiger partial charge in [-0.3, -0.25) is 9.59 Å². The summed E-state index contributed by atoms with van der Waals surface area (Å²) in [5.41, 5.74) is -0.244. The third-order valence-electron chi connectivity index (χ3n) is 4.44. The lowest BCUT2D eigenvalue weighted by molar-refractivity contribution is -0.155. The van der Waals surface area contributed by atoms with Crippen LogP contribution < -0.4 is 5.32 Å². The average molecular weight is 296 g/mol. The Morgan fingerprint density at radius 2 is 1.81 bits per heavy atom. The zero-order valence-corrected chi connectivity index (χ0v) is 14.5. The zero-order valence-electron chi connectivity index (χ0n) is 14.5. The van der Waals surface area contributed by atoms with Crippen molar-refractivity contribution in [2.45, 2.75) is 79.3 Å². The number of carbonyl (C=O) groups excluding carboxylic acids is 2. The van der Waals surface area contributed by atoms with Crippen LogP contribution in [-0.4, -0.2) is 35.3 Å². The lowest BCUT2D eigenvalue weighted by atomic mass is 9.81. The second kappa shape index (κ2) is 7.28. The summed E-state index contributed by atoms with van der Waals surface area (Å²) in [6, 6.07) is -0.718. The molecule has 1 aliphatic heterocycles. The Kier molecular flexibility index (Phi) is 6.24. The summed E-state index contributed by atoms with van der Waals surface area (Å²) < 4.78 is 0. The van der Waals surface area contributed by atoms with E-state index in [1.54, 1.807) is 0 Å². The van der Waals surface area contributed by atoms with E-state index in [4.69, 9.17) is 0 Å². The molecule has 122 valence electrons. The minimum atomic E-state index is -0.359. The van der Waals surface area contributed by atoms with Gasteiger partial charge in [-0.1, -0.05) is 60.8 Å². The van der Waals surface area contributed by atoms with Crippen molar-refractivity contribution >= 4 is 11.8 Å². The van der Waals surface area contributed by atoms with Gasteiger partial charge >= 0.3 is 0 Å². The van der Waals surface area contributed by atoms with Gasteiger partial charge in [0.1, 0.15) is 12.1 Å². The maximum atomic E-state index is 12.8. The number of nitrogens with zero attached hydrogens (tertiary/aromatic N) is 1. The molecule has 0 spiro atoms. The molecule has 1 rings (SSSR count). The second-order valence-corrected chi connectivity index (χ2v) is 7.38. The molecule has 1 saturated heterocycles. The minimum Gasteiger partial charge on any atom is -0.342 e. The first-order valence-electron chi connectivity index (χ1n) is 8.34. The van der Waals surface area contributed by atoms with Crippen LogP contribution in [0.5, 0.6) is 0 Å². The van der Waals surface area contributed by atoms with Crippen LogP contribution >= 0.6 is 0 Å². The summed E-state index contributed by atoms with van der Waals surface area (Å²) in [7, 11) is 0. The fourth-order valence-corrected chi connectivity index (χ4v) is 2.99. The lowest BCUT2D eigenvalue weighted by Gasteiger charge is -2.46. The quantitative estimate of drug-likeness (QED) is 0.766. The van der Waals surface area contributed by atoms with Crippen molar-refractivity contribution < 1.29 is 9.59 Å². The first kappa shape index (κ1) is 18.0. The van der Waals surface area contributed by atoms with Gasteiger partial charge in [0.15, 0.2) is 0 Å². The molecule has 3 unspecified atom stereocenters. The Morgan fingerprint density at radius 1 is 1.19 bits per heavy atom. The van der Waals surface area contributed by atoms with Crippen LogP contribution in [0.15, 0.2) is 0 Å². The highest BCUT2D eigenvalue weighted by Crippen LogP contribution is 2.29. The van der Waals surface area contributed by atoms with Gasteiger partial charge in [-0.05, 0) is 17.8 Å². The molecular formula is C17H32N2O2. The minimum absolute atomic E-state index is 0.00361. The monoisotopic (exact) mass is 296 g/mol. The Bertz CT molecular complexity index is 373. The molecule has 0 aromatic heterocycles. The van der Waals surface area contributed by atoms with Crippen LogP contribution in [0.4, 0.5) is 0 Å². The Hall–Kier alpha value is -1.06. The largest absolute Gasteiger partial charge is 0.342 e. The predicted octanol–water partition coefficient (Wildman–Crippen LogP) is 2.96. The summed E-state index contributed by atoms with van der Waals surface area (Å²) in [6.45, 7) is 13.0. The summed E-state index contributed by atoms with van der Waals surface area (Å²) >= 11 is 0. The van der Waals surface area contributed by atoms with Crippen LogP contribution in [0.25, 0.3) is 0 Å². The summed E-state index contributed by atoms with van der Waals surface area (Å²) in [6.07, 6.45) is 4.06. The van der Waals surface area contributed by atoms with E-state index in [-0.39, 0.29) is 35.2 Å². The van der Waals surface area contributed by atoms with Gasteiger partial charge in [0.2, 0.25) is 11.8 Å². The normalized spacial score (nSPS) is 25.0. The van der Waals surface area contributed by atoms with Crippen molar-refractivity contribution in [1.29, 1.82) is 0 Å². The molecule has 1 heterocycles. The fourth-order valence-electron chi connectivity index (χ4n) is 2.99. The molecule has 1 fully saturated rings. The number of unbranched alkanes of at least 4 members (excludes halogenated alkanes) is 2. The molecule has 4 heteroatoms. The highest BCUT2D eigenvalue weighted by molar-refractivity contribution is 5.97. The number of piperazine rings is 1. The third-order valence-corrected chi connectivity index (χ3v) is 4.44. The summed E-state index contributed by atoms with van der Waals surface area (Å²) in [4.78, 5) is 27.2. The molecule has 0 radical (unpaired) electrons. The van der Waals surface area contributed by atoms with Crippen LogP contribution in [-0.2, 0) is 9.59 Å². The first-order chi connectivity index (χ1) is 9.73. The third kappa shape index (κ3) is 4.21. The van der Waals surface area contributed by atoms with Crippen LogP contribution in [0.3, 0.4) is 0 Å². The van der Waals surface area contributed by atoms with Crippen molar-refractivity contribution in [3.05, 3.63) is 0 Å². The maximum Gasteiger partial charge on any atom is 0.246 e. The number of nitrogens with one attached hydrogen (secondary N) is 1. The van der Waals surface area contributed by atoms with Crippen molar-refractivity contribution in [2.24, 2.45) is 11.3 Å². The van der Waals surface area contributed by atoms with Gasteiger partial charge in [-0.25, -0.2) is 0 Å². The van der Waals surface area contributed by atoms with Gasteiger partial charge in [0.25, 0.3) is 0 Å². The molecule has 21 heavy (non-hydrogen) atoms. The Labute approximate surface area is 129 Å². The first-order valence-corrected chi connectivity index (χ1v) is 8.34. The highest BCUT2D eigenvalue weighted by Gasteiger charge is 2.46. The summed E-state index contributed by atoms with van der Waals surface area (Å²) in [5.74, 6) is 0.278. The van der Waals surface area contributed by atoms with Gasteiger partial charge in [-0.2, -0.15) is 0 Å². The van der Waals surface area contributed by atoms with E-state index >= 15 is 0 Å². The van der Waals surface area contributed by atoms with Crippen molar-refractivity contribution in [3.8, 4) is 0 Å². The van der Waals surface area contributed by atoms with Crippen molar-refractivity contribution in [2.75, 3.05) is 6.54 Å². The standard InChI is InChI=1S/C17H32N2O2/c1-7-9-10-11-19-14(17(4,5)6)15(20)18-13(16(19)21)12(3)8-2/h12-14H,7-11H2,1-6H3,(H,18,20). The Morgan fingerprint density at radius 3 is 2.29 bits per heavy atom. The Balaban J connectivity index is 2.99. The summed E-state index contributed by atoms with van der Waals surface area (Å²) in [5, 5.41) is 2.96. The molecule has 4 nitrogen and oxygen atoms in total. The number of hydrogen-bond acceptors (Lipinski definition) is 2. The van der Waals surface area contributed by atoms with E-state index in [9.17, 15) is 9.59 Å². The van der Waals surface area contributed by atoms with Gasteiger partial charge in [-0.15, -0.1) is 0 Å². The smallest absolute Gasteiger partial charge is 0.246 e. The highest BCUT2D eigenvalue weighted by atomic mass is 16.2. The zero-order chi connectivity index (χ0) is 16.2. The molecular weight excluding hydrogens is 264 g/mol. The van der Waals surface area contributed by atoms with Crippen LogP contribution in [0.2, 0.25) is 0 Å². The van der Waals surface area contributed by atoms with Gasteiger partial charge in [0, 0.05) is 6.54 Å². The van der Waals surface area contributed by atoms with Crippen molar-refractivity contribution in [1.82, 2.24) is 10.2 Å². The molecule has 2 amide bonds. The molecule has 1 aliphatic rings. The van der Waals surface area contributed by atoms with E-state index in [1.807, 2.05) is 32.6 Å². The number of hydrogen-bond donors (Lipinski definition) is 1. The average Bonchev–Trinajstić information content (AvgIpc) is 2.40. The molecule has 1 N–H and O–H groups in total. The van der Waals surface area contributed by atoms with Crippen LogP contribution in [0, 0.1) is 11.3 Å². The van der Waals surface area contributed by atoms with E-state index in [1.165, 1.54) is 0 Å². The topological polar surface area (TPSA) is 49.4 Å². The van der Waals surface area contributed by atoms with Crippen molar-refractivity contribution in [3.63, 3.8) is 0 Å². The van der Waals surface area contributed by atoms with E-state index in [0.29, 0.717) is 6.54 Å². The number of carbonyl (C=O) groups is 2. The number of rotatable bonds is 6. The number of amides is 2. The molecule has 0 aromatic rings. The molecule has 3 atom stereocenters. The van der Waals surface area contributed by atoms with E-state index in [2.05, 4.69) is 19.2 Å². The molecule has 0 aromatic carbocycles. The van der Waals surface area contributed by atoms with Gasteiger partial charge < -0.3 is 10.2 Å². The van der Waals surface area contributed by atoms with E-state index < -0.39 is 0 Å². The maximum absolute atomic E-state index is 12.8. The molecule has 0 bridgehead atoms. The molecule has 0 saturated carbocycles. The SMILES string of the molecule is CCCCCN1C(=O)C(C(C)CC)NC(=O)C1C(C)(C)C. The molecule has 0 aliphatic carbocycles. The van der Waals surface area contributed by atoms with E-state index in [0.717, 1.165) is 25.7 Å². The second-order valence-electron chi connectivity index (χ2n) is 7.38. The predicted molar refractivity (Wildman–Crippen MR) is 85.9 cm³/mol. The lowest BCUT2D eigenvalue weighted by Crippen LogP contribution is -2.68. The van der Waals surface area contributed by atoms with Gasteiger partial charge in [0.05, 0.1) is 0 Å². The fraction of sp³-hybridized carbons (Fsp3) is 0.882.